The maximum absolute atomic E-state index is 13.8. The smallest absolute Gasteiger partial charge is 0.391 e. The zero-order valence-corrected chi connectivity index (χ0v) is 21.0. The summed E-state index contributed by atoms with van der Waals surface area (Å²) in [7, 11) is 0. The number of carbonyl (C=O) groups excluding carboxylic acids is 2. The summed E-state index contributed by atoms with van der Waals surface area (Å²) in [5.41, 5.74) is -1.38. The summed E-state index contributed by atoms with van der Waals surface area (Å²) >= 11 is 5.89. The molecule has 5 fully saturated rings. The summed E-state index contributed by atoms with van der Waals surface area (Å²) in [5, 5.41) is 19.2. The molecule has 4 aliphatic carbocycles. The Labute approximate surface area is 213 Å². The lowest BCUT2D eigenvalue weighted by atomic mass is 9.60. The average Bonchev–Trinajstić information content (AvgIpc) is 2.81. The number of halogens is 5. The van der Waals surface area contributed by atoms with E-state index < -0.39 is 40.8 Å². The molecule has 2 amide bonds. The van der Waals surface area contributed by atoms with Crippen LogP contribution in [0, 0.1) is 5.92 Å². The van der Waals surface area contributed by atoms with Crippen LogP contribution in [-0.2, 0) is 14.3 Å². The van der Waals surface area contributed by atoms with Crippen molar-refractivity contribution in [2.75, 3.05) is 13.2 Å². The molecule has 12 heteroatoms. The zero-order valence-electron chi connectivity index (χ0n) is 20.2. The average molecular weight is 542 g/mol. The van der Waals surface area contributed by atoms with E-state index in [1.807, 2.05) is 0 Å². The second-order valence-electron chi connectivity index (χ2n) is 11.2. The maximum atomic E-state index is 13.8. The van der Waals surface area contributed by atoms with Crippen LogP contribution in [0.4, 0.5) is 17.6 Å². The van der Waals surface area contributed by atoms with E-state index in [1.165, 1.54) is 0 Å². The molecule has 2 bridgehead atoms. The highest BCUT2D eigenvalue weighted by Gasteiger charge is 2.55. The summed E-state index contributed by atoms with van der Waals surface area (Å²) < 4.78 is 57.9. The standard InChI is InChI=1S/C24H36ClF4N3O4/c25-17-4-3-16(10-18(17)26)36-13-21(35)32-23-7-5-22(6-8-23,11-19(23)33)31-20(34)9-15-2-1-14(12-30-15)24(27,28)29/h14-19,30,33H,1-13H2,(H,31,34)(H,32,35). The number of alkyl halides is 5. The van der Waals surface area contributed by atoms with E-state index in [-0.39, 0.29) is 69.2 Å². The third-order valence-electron chi connectivity index (χ3n) is 8.62. The molecule has 0 aromatic heterocycles. The third kappa shape index (κ3) is 6.45. The molecule has 5 rings (SSSR count). The molecule has 1 saturated heterocycles. The Morgan fingerprint density at radius 2 is 1.78 bits per heavy atom. The minimum atomic E-state index is -4.23. The number of fused-ring (bicyclic) bond motifs is 3. The summed E-state index contributed by atoms with van der Waals surface area (Å²) in [4.78, 5) is 25.3. The van der Waals surface area contributed by atoms with Crippen molar-refractivity contribution < 1.29 is 37.0 Å². The maximum Gasteiger partial charge on any atom is 0.393 e. The molecule has 36 heavy (non-hydrogen) atoms. The Bertz CT molecular complexity index is 801. The summed E-state index contributed by atoms with van der Waals surface area (Å²) in [6.45, 7) is -0.399. The SMILES string of the molecule is O=C(CC1CCC(C(F)(F)F)CN1)NC12CCC(NC(=O)COC3CCC(Cl)C(F)C3)(CC1)C(O)C2. The lowest BCUT2D eigenvalue weighted by Crippen LogP contribution is -2.70. The van der Waals surface area contributed by atoms with Gasteiger partial charge in [0.1, 0.15) is 12.8 Å². The second-order valence-corrected chi connectivity index (χ2v) is 11.7. The van der Waals surface area contributed by atoms with E-state index in [2.05, 4.69) is 16.0 Å². The quantitative estimate of drug-likeness (QED) is 0.293. The van der Waals surface area contributed by atoms with E-state index in [4.69, 9.17) is 16.3 Å². The summed E-state index contributed by atoms with van der Waals surface area (Å²) in [5.74, 6) is -1.98. The number of carbonyl (C=O) groups is 2. The Balaban J connectivity index is 1.21. The van der Waals surface area contributed by atoms with Crippen molar-refractivity contribution in [2.24, 2.45) is 5.92 Å². The molecule has 5 aliphatic rings. The lowest BCUT2D eigenvalue weighted by Gasteiger charge is -2.56. The number of hydrogen-bond donors (Lipinski definition) is 4. The van der Waals surface area contributed by atoms with E-state index in [9.17, 15) is 32.3 Å². The Kier molecular flexibility index (Phi) is 8.44. The predicted molar refractivity (Wildman–Crippen MR) is 124 cm³/mol. The number of nitrogens with one attached hydrogen (secondary N) is 3. The minimum absolute atomic E-state index is 0.00652. The van der Waals surface area contributed by atoms with Gasteiger partial charge in [0, 0.05) is 31.0 Å². The van der Waals surface area contributed by atoms with Gasteiger partial charge in [-0.1, -0.05) is 0 Å². The van der Waals surface area contributed by atoms with Crippen LogP contribution in [0.1, 0.15) is 70.6 Å². The largest absolute Gasteiger partial charge is 0.393 e. The van der Waals surface area contributed by atoms with Crippen LogP contribution in [0.25, 0.3) is 0 Å². The van der Waals surface area contributed by atoms with E-state index in [1.54, 1.807) is 0 Å². The number of rotatable bonds is 7. The highest BCUT2D eigenvalue weighted by atomic mass is 35.5. The normalized spacial score (nSPS) is 41.1. The molecule has 6 unspecified atom stereocenters. The van der Waals surface area contributed by atoms with Gasteiger partial charge in [-0.25, -0.2) is 4.39 Å². The highest BCUT2D eigenvalue weighted by molar-refractivity contribution is 6.21. The number of aliphatic hydroxyl groups is 1. The van der Waals surface area contributed by atoms with Crippen molar-refractivity contribution in [3.63, 3.8) is 0 Å². The molecular weight excluding hydrogens is 506 g/mol. The minimum Gasteiger partial charge on any atom is -0.391 e. The Morgan fingerprint density at radius 1 is 1.06 bits per heavy atom. The van der Waals surface area contributed by atoms with Gasteiger partial charge in [0.2, 0.25) is 11.8 Å². The second kappa shape index (κ2) is 10.9. The first kappa shape index (κ1) is 27.9. The van der Waals surface area contributed by atoms with Gasteiger partial charge in [-0.2, -0.15) is 13.2 Å². The fourth-order valence-electron chi connectivity index (χ4n) is 6.30. The fraction of sp³-hybridized carbons (Fsp3) is 0.917. The van der Waals surface area contributed by atoms with Crippen LogP contribution in [-0.4, -0.2) is 77.1 Å². The summed E-state index contributed by atoms with van der Waals surface area (Å²) in [6.07, 6.45) is -2.55. The monoisotopic (exact) mass is 541 g/mol. The Hall–Kier alpha value is -1.17. The molecule has 1 aliphatic heterocycles. The lowest BCUT2D eigenvalue weighted by molar-refractivity contribution is -0.179. The number of piperidine rings is 1. The molecule has 0 radical (unpaired) electrons. The molecule has 0 aromatic carbocycles. The van der Waals surface area contributed by atoms with Gasteiger partial charge in [0.25, 0.3) is 0 Å². The van der Waals surface area contributed by atoms with Gasteiger partial charge >= 0.3 is 6.18 Å². The zero-order chi connectivity index (χ0) is 26.1. The highest BCUT2D eigenvalue weighted by Crippen LogP contribution is 2.47. The Morgan fingerprint density at radius 3 is 2.36 bits per heavy atom. The van der Waals surface area contributed by atoms with Gasteiger partial charge in [0.05, 0.1) is 29.0 Å². The molecule has 6 atom stereocenters. The first-order valence-electron chi connectivity index (χ1n) is 12.9. The van der Waals surface area contributed by atoms with Crippen LogP contribution in [0.5, 0.6) is 0 Å². The molecule has 1 heterocycles. The van der Waals surface area contributed by atoms with Crippen LogP contribution >= 0.6 is 11.6 Å². The number of ether oxygens (including phenoxy) is 1. The van der Waals surface area contributed by atoms with Crippen LogP contribution in [0.15, 0.2) is 0 Å². The predicted octanol–water partition coefficient (Wildman–Crippen LogP) is 2.87. The van der Waals surface area contributed by atoms with E-state index in [0.717, 1.165) is 0 Å². The van der Waals surface area contributed by atoms with Crippen LogP contribution < -0.4 is 16.0 Å². The van der Waals surface area contributed by atoms with Gasteiger partial charge < -0.3 is 25.8 Å². The molecule has 4 N–H and O–H groups in total. The molecule has 0 aromatic rings. The van der Waals surface area contributed by atoms with Crippen molar-refractivity contribution in [3.05, 3.63) is 0 Å². The van der Waals surface area contributed by atoms with E-state index in [0.29, 0.717) is 38.5 Å². The van der Waals surface area contributed by atoms with Gasteiger partial charge in [0.15, 0.2) is 0 Å². The van der Waals surface area contributed by atoms with Crippen molar-refractivity contribution in [2.45, 2.75) is 118 Å². The molecule has 0 spiro atoms. The topological polar surface area (TPSA) is 99.7 Å². The van der Waals surface area contributed by atoms with Crippen molar-refractivity contribution in [3.8, 4) is 0 Å². The van der Waals surface area contributed by atoms with Gasteiger partial charge in [-0.3, -0.25) is 9.59 Å². The first-order valence-corrected chi connectivity index (χ1v) is 13.3. The summed E-state index contributed by atoms with van der Waals surface area (Å²) in [6, 6.07) is -0.303. The van der Waals surface area contributed by atoms with E-state index >= 15 is 0 Å². The molecular formula is C24H36ClF4N3O4. The van der Waals surface area contributed by atoms with Crippen LogP contribution in [0.3, 0.4) is 0 Å². The van der Waals surface area contributed by atoms with Crippen molar-refractivity contribution in [1.82, 2.24) is 16.0 Å². The molecule has 7 nitrogen and oxygen atoms in total. The third-order valence-corrected chi connectivity index (χ3v) is 9.11. The number of hydrogen-bond acceptors (Lipinski definition) is 5. The number of amides is 2. The fourth-order valence-corrected chi connectivity index (χ4v) is 6.53. The van der Waals surface area contributed by atoms with Crippen molar-refractivity contribution >= 4 is 23.4 Å². The van der Waals surface area contributed by atoms with Gasteiger partial charge in [-0.15, -0.1) is 11.6 Å². The molecule has 4 saturated carbocycles. The number of aliphatic hydroxyl groups excluding tert-OH is 1. The van der Waals surface area contributed by atoms with Crippen LogP contribution in [0.2, 0.25) is 0 Å². The van der Waals surface area contributed by atoms with Crippen molar-refractivity contribution in [1.29, 1.82) is 0 Å². The van der Waals surface area contributed by atoms with Gasteiger partial charge in [-0.05, 0) is 57.8 Å². The molecule has 206 valence electrons. The first-order chi connectivity index (χ1) is 16.9.